The van der Waals surface area contributed by atoms with E-state index in [2.05, 4.69) is 26.3 Å². The van der Waals surface area contributed by atoms with Gasteiger partial charge in [0.1, 0.15) is 0 Å². The maximum Gasteiger partial charge on any atom is 0.416 e. The number of nitrogens with zero attached hydrogens (tertiary/aromatic N) is 2. The van der Waals surface area contributed by atoms with Crippen LogP contribution in [0.1, 0.15) is 12.5 Å². The number of hydrogen-bond donors (Lipinski definition) is 1. The van der Waals surface area contributed by atoms with Gasteiger partial charge in [-0.05, 0) is 34.1 Å². The van der Waals surface area contributed by atoms with Gasteiger partial charge >= 0.3 is 6.18 Å². The molecule has 8 heteroatoms. The summed E-state index contributed by atoms with van der Waals surface area (Å²) in [7, 11) is 0. The molecular formula is C14H13BrF3N3O. The minimum Gasteiger partial charge on any atom is -0.326 e. The van der Waals surface area contributed by atoms with Crippen molar-refractivity contribution in [2.75, 3.05) is 5.32 Å². The van der Waals surface area contributed by atoms with Crippen LogP contribution in [-0.2, 0) is 17.5 Å². The van der Waals surface area contributed by atoms with Gasteiger partial charge in [0, 0.05) is 11.9 Å². The van der Waals surface area contributed by atoms with Gasteiger partial charge in [-0.2, -0.15) is 18.3 Å². The number of alkyl halides is 3. The van der Waals surface area contributed by atoms with E-state index >= 15 is 0 Å². The molecule has 0 saturated carbocycles. The van der Waals surface area contributed by atoms with Crippen LogP contribution in [0.25, 0.3) is 0 Å². The zero-order valence-electron chi connectivity index (χ0n) is 11.6. The molecule has 2 aromatic rings. The smallest absolute Gasteiger partial charge is 0.326 e. The van der Waals surface area contributed by atoms with Crippen LogP contribution in [0, 0.1) is 5.92 Å². The summed E-state index contributed by atoms with van der Waals surface area (Å²) in [5.41, 5.74) is -0.678. The fourth-order valence-corrected chi connectivity index (χ4v) is 2.17. The van der Waals surface area contributed by atoms with Gasteiger partial charge in [0.25, 0.3) is 0 Å². The van der Waals surface area contributed by atoms with Gasteiger partial charge in [-0.15, -0.1) is 0 Å². The molecule has 1 unspecified atom stereocenters. The normalized spacial score (nSPS) is 13.0. The highest BCUT2D eigenvalue weighted by Gasteiger charge is 2.30. The second kappa shape index (κ2) is 6.51. The number of nitrogens with one attached hydrogen (secondary N) is 1. The molecule has 1 heterocycles. The average Bonchev–Trinajstić information content (AvgIpc) is 2.83. The quantitative estimate of drug-likeness (QED) is 0.879. The summed E-state index contributed by atoms with van der Waals surface area (Å²) in [5.74, 6) is -0.813. The predicted octanol–water partition coefficient (Wildman–Crippen LogP) is 3.94. The largest absolute Gasteiger partial charge is 0.416 e. The summed E-state index contributed by atoms with van der Waals surface area (Å²) < 4.78 is 40.2. The Morgan fingerprint density at radius 2 is 2.18 bits per heavy atom. The molecule has 0 spiro atoms. The Morgan fingerprint density at radius 3 is 2.77 bits per heavy atom. The maximum absolute atomic E-state index is 12.6. The number of carbonyl (C=O) groups excluding carboxylic acids is 1. The van der Waals surface area contributed by atoms with E-state index < -0.39 is 17.7 Å². The van der Waals surface area contributed by atoms with Gasteiger partial charge in [0.05, 0.1) is 28.7 Å². The second-order valence-electron chi connectivity index (χ2n) is 4.85. The first-order valence-corrected chi connectivity index (χ1v) is 7.21. The van der Waals surface area contributed by atoms with Crippen molar-refractivity contribution in [3.05, 3.63) is 46.7 Å². The summed E-state index contributed by atoms with van der Waals surface area (Å²) in [4.78, 5) is 12.0. The lowest BCUT2D eigenvalue weighted by atomic mass is 10.1. The Bertz CT molecular complexity index is 669. The minimum atomic E-state index is -4.44. The summed E-state index contributed by atoms with van der Waals surface area (Å²) >= 11 is 3.25. The molecule has 0 aliphatic rings. The lowest BCUT2D eigenvalue weighted by Gasteiger charge is -2.13. The number of aromatic nitrogens is 2. The van der Waals surface area contributed by atoms with Crippen molar-refractivity contribution in [3.8, 4) is 0 Å². The van der Waals surface area contributed by atoms with E-state index in [0.717, 1.165) is 16.6 Å². The number of carbonyl (C=O) groups is 1. The van der Waals surface area contributed by atoms with E-state index in [0.29, 0.717) is 6.54 Å². The van der Waals surface area contributed by atoms with Crippen molar-refractivity contribution in [1.29, 1.82) is 0 Å². The van der Waals surface area contributed by atoms with Crippen LogP contribution in [0.3, 0.4) is 0 Å². The summed E-state index contributed by atoms with van der Waals surface area (Å²) in [6, 6.07) is 4.55. The highest BCUT2D eigenvalue weighted by molar-refractivity contribution is 9.10. The lowest BCUT2D eigenvalue weighted by Crippen LogP contribution is -2.24. The summed E-state index contributed by atoms with van der Waals surface area (Å²) in [6.45, 7) is 2.01. The number of benzene rings is 1. The monoisotopic (exact) mass is 375 g/mol. The molecule has 118 valence electrons. The third-order valence-electron chi connectivity index (χ3n) is 2.97. The van der Waals surface area contributed by atoms with Gasteiger partial charge in [-0.1, -0.05) is 13.0 Å². The van der Waals surface area contributed by atoms with E-state index in [1.54, 1.807) is 24.0 Å². The van der Waals surface area contributed by atoms with E-state index in [-0.39, 0.29) is 11.6 Å². The van der Waals surface area contributed by atoms with Gasteiger partial charge in [-0.25, -0.2) is 0 Å². The molecule has 1 aromatic heterocycles. The number of anilines is 1. The molecule has 1 atom stereocenters. The number of rotatable bonds is 4. The Kier molecular flexibility index (Phi) is 4.90. The van der Waals surface area contributed by atoms with Crippen LogP contribution in [0.2, 0.25) is 0 Å². The average molecular weight is 376 g/mol. The number of amides is 1. The third kappa shape index (κ3) is 4.33. The molecule has 1 N–H and O–H groups in total. The SMILES string of the molecule is CC(Cn1cc(Br)cn1)C(=O)Nc1cccc(C(F)(F)F)c1. The van der Waals surface area contributed by atoms with Gasteiger partial charge < -0.3 is 5.32 Å². The van der Waals surface area contributed by atoms with Crippen molar-refractivity contribution >= 4 is 27.5 Å². The minimum absolute atomic E-state index is 0.119. The van der Waals surface area contributed by atoms with Gasteiger partial charge in [0.2, 0.25) is 5.91 Å². The zero-order valence-corrected chi connectivity index (χ0v) is 13.1. The topological polar surface area (TPSA) is 46.9 Å². The van der Waals surface area contributed by atoms with Crippen molar-refractivity contribution in [1.82, 2.24) is 9.78 Å². The Morgan fingerprint density at radius 1 is 1.45 bits per heavy atom. The number of halogens is 4. The molecule has 4 nitrogen and oxygen atoms in total. The van der Waals surface area contributed by atoms with Crippen LogP contribution in [-0.4, -0.2) is 15.7 Å². The van der Waals surface area contributed by atoms with E-state index in [1.165, 1.54) is 12.1 Å². The Hall–Kier alpha value is -1.83. The first-order valence-electron chi connectivity index (χ1n) is 6.42. The number of hydrogen-bond acceptors (Lipinski definition) is 2. The molecule has 0 aliphatic carbocycles. The van der Waals surface area contributed by atoms with Gasteiger partial charge in [0.15, 0.2) is 0 Å². The molecule has 0 fully saturated rings. The highest BCUT2D eigenvalue weighted by Crippen LogP contribution is 2.30. The molecule has 0 saturated heterocycles. The molecular weight excluding hydrogens is 363 g/mol. The summed E-state index contributed by atoms with van der Waals surface area (Å²) in [5, 5.41) is 6.52. The van der Waals surface area contributed by atoms with Crippen LogP contribution in [0.15, 0.2) is 41.1 Å². The fraction of sp³-hybridized carbons (Fsp3) is 0.286. The van der Waals surface area contributed by atoms with Crippen LogP contribution >= 0.6 is 15.9 Å². The first kappa shape index (κ1) is 16.5. The van der Waals surface area contributed by atoms with Crippen LogP contribution in [0.5, 0.6) is 0 Å². The van der Waals surface area contributed by atoms with E-state index in [4.69, 9.17) is 0 Å². The van der Waals surface area contributed by atoms with Crippen molar-refractivity contribution in [2.45, 2.75) is 19.6 Å². The van der Waals surface area contributed by atoms with E-state index in [9.17, 15) is 18.0 Å². The van der Waals surface area contributed by atoms with Crippen molar-refractivity contribution < 1.29 is 18.0 Å². The van der Waals surface area contributed by atoms with Crippen LogP contribution in [0.4, 0.5) is 18.9 Å². The highest BCUT2D eigenvalue weighted by atomic mass is 79.9. The molecule has 1 amide bonds. The standard InChI is InChI=1S/C14H13BrF3N3O/c1-9(7-21-8-11(15)6-19-21)13(22)20-12-4-2-3-10(5-12)14(16,17)18/h2-6,8-9H,7H2,1H3,(H,20,22). The second-order valence-corrected chi connectivity index (χ2v) is 5.77. The Labute approximate surface area is 133 Å². The van der Waals surface area contributed by atoms with Crippen LogP contribution < -0.4 is 5.32 Å². The van der Waals surface area contributed by atoms with Crippen molar-refractivity contribution in [3.63, 3.8) is 0 Å². The Balaban J connectivity index is 2.02. The molecule has 1 aromatic carbocycles. The zero-order chi connectivity index (χ0) is 16.3. The maximum atomic E-state index is 12.6. The third-order valence-corrected chi connectivity index (χ3v) is 3.38. The van der Waals surface area contributed by atoms with Gasteiger partial charge in [-0.3, -0.25) is 9.48 Å². The van der Waals surface area contributed by atoms with E-state index in [1.807, 2.05) is 0 Å². The molecule has 0 bridgehead atoms. The molecule has 0 aliphatic heterocycles. The molecule has 22 heavy (non-hydrogen) atoms. The summed E-state index contributed by atoms with van der Waals surface area (Å²) in [6.07, 6.45) is -1.13. The lowest BCUT2D eigenvalue weighted by molar-refractivity contribution is -0.137. The fourth-order valence-electron chi connectivity index (χ4n) is 1.84. The molecule has 2 rings (SSSR count). The molecule has 0 radical (unpaired) electrons. The first-order chi connectivity index (χ1) is 10.3. The predicted molar refractivity (Wildman–Crippen MR) is 79.2 cm³/mol. The van der Waals surface area contributed by atoms with Crippen molar-refractivity contribution in [2.24, 2.45) is 5.92 Å².